The van der Waals surface area contributed by atoms with Crippen LogP contribution in [0, 0.1) is 5.82 Å². The van der Waals surface area contributed by atoms with Crippen molar-refractivity contribution in [2.24, 2.45) is 0 Å². The number of nitrogens with two attached hydrogens (primary N) is 1. The molecule has 1 aliphatic rings. The standard InChI is InChI=1S/C24H20FN5O2/c25-22-19(3-1-4-21(22)26)20-15-30(28-23(20)16-9-11-27-12-10-16)17-5-7-18(8-6-17)32-24(31)29-13-2-14-29/h1,3-12,15H,2,13-14,26H2. The van der Waals surface area contributed by atoms with E-state index in [1.54, 1.807) is 64.6 Å². The second-order valence-electron chi connectivity index (χ2n) is 7.48. The molecule has 8 heteroatoms. The summed E-state index contributed by atoms with van der Waals surface area (Å²) in [6, 6.07) is 15.6. The van der Waals surface area contributed by atoms with Crippen LogP contribution in [0.1, 0.15) is 6.42 Å². The van der Waals surface area contributed by atoms with E-state index in [2.05, 4.69) is 4.98 Å². The molecule has 0 bridgehead atoms. The topological polar surface area (TPSA) is 86.3 Å². The molecule has 1 aliphatic heterocycles. The SMILES string of the molecule is Nc1cccc(-c2cn(-c3ccc(OC(=O)N4CCC4)cc3)nc2-c2ccncc2)c1F. The van der Waals surface area contributed by atoms with Gasteiger partial charge in [0.2, 0.25) is 0 Å². The molecule has 1 amide bonds. The molecule has 7 nitrogen and oxygen atoms in total. The second-order valence-corrected chi connectivity index (χ2v) is 7.48. The number of nitrogens with zero attached hydrogens (tertiary/aromatic N) is 4. The van der Waals surface area contributed by atoms with E-state index in [0.29, 0.717) is 22.6 Å². The molecule has 160 valence electrons. The first-order valence-corrected chi connectivity index (χ1v) is 10.2. The highest BCUT2D eigenvalue weighted by Gasteiger charge is 2.22. The average Bonchev–Trinajstić information content (AvgIpc) is 3.21. The van der Waals surface area contributed by atoms with Crippen LogP contribution in [0.2, 0.25) is 0 Å². The number of pyridine rings is 1. The molecule has 0 spiro atoms. The predicted octanol–water partition coefficient (Wildman–Crippen LogP) is 4.53. The van der Waals surface area contributed by atoms with Gasteiger partial charge >= 0.3 is 6.09 Å². The Bertz CT molecular complexity index is 1270. The molecule has 2 aromatic heterocycles. The molecule has 2 aromatic carbocycles. The molecule has 1 fully saturated rings. The van der Waals surface area contributed by atoms with Gasteiger partial charge in [-0.15, -0.1) is 0 Å². The van der Waals surface area contributed by atoms with Gasteiger partial charge in [0.05, 0.1) is 11.4 Å². The fraction of sp³-hybridized carbons (Fsp3) is 0.125. The molecule has 5 rings (SSSR count). The van der Waals surface area contributed by atoms with Crippen molar-refractivity contribution in [1.82, 2.24) is 19.7 Å². The van der Waals surface area contributed by atoms with Gasteiger partial charge in [-0.1, -0.05) is 12.1 Å². The Balaban J connectivity index is 1.51. The van der Waals surface area contributed by atoms with E-state index in [9.17, 15) is 9.18 Å². The molecule has 0 unspecified atom stereocenters. The van der Waals surface area contributed by atoms with Gasteiger partial charge in [-0.2, -0.15) is 5.10 Å². The van der Waals surface area contributed by atoms with E-state index in [-0.39, 0.29) is 11.8 Å². The van der Waals surface area contributed by atoms with E-state index in [4.69, 9.17) is 15.6 Å². The number of halogens is 1. The van der Waals surface area contributed by atoms with Crippen LogP contribution in [0.15, 0.2) is 73.2 Å². The van der Waals surface area contributed by atoms with E-state index >= 15 is 0 Å². The van der Waals surface area contributed by atoms with E-state index in [1.165, 1.54) is 6.07 Å². The van der Waals surface area contributed by atoms with Gasteiger partial charge in [0, 0.05) is 48.4 Å². The first-order valence-electron chi connectivity index (χ1n) is 10.2. The normalized spacial score (nSPS) is 13.0. The molecule has 1 saturated heterocycles. The number of aromatic nitrogens is 3. The number of hydrogen-bond acceptors (Lipinski definition) is 5. The van der Waals surface area contributed by atoms with E-state index < -0.39 is 5.82 Å². The highest BCUT2D eigenvalue weighted by molar-refractivity contribution is 5.82. The quantitative estimate of drug-likeness (QED) is 0.482. The van der Waals surface area contributed by atoms with Gasteiger partial charge in [0.25, 0.3) is 0 Å². The third-order valence-corrected chi connectivity index (χ3v) is 5.41. The minimum Gasteiger partial charge on any atom is -0.410 e. The summed E-state index contributed by atoms with van der Waals surface area (Å²) in [5.41, 5.74) is 8.98. The van der Waals surface area contributed by atoms with Crippen molar-refractivity contribution >= 4 is 11.8 Å². The Morgan fingerprint density at radius 2 is 1.75 bits per heavy atom. The van der Waals surface area contributed by atoms with E-state index in [1.807, 2.05) is 12.1 Å². The average molecular weight is 429 g/mol. The Morgan fingerprint density at radius 1 is 1.00 bits per heavy atom. The summed E-state index contributed by atoms with van der Waals surface area (Å²) in [7, 11) is 0. The van der Waals surface area contributed by atoms with Gasteiger partial charge in [0.1, 0.15) is 11.4 Å². The third-order valence-electron chi connectivity index (χ3n) is 5.41. The molecule has 0 aliphatic carbocycles. The smallest absolute Gasteiger partial charge is 0.410 e. The maximum atomic E-state index is 14.8. The summed E-state index contributed by atoms with van der Waals surface area (Å²) in [5.74, 6) is -0.0372. The van der Waals surface area contributed by atoms with Crippen molar-refractivity contribution in [1.29, 1.82) is 0 Å². The lowest BCUT2D eigenvalue weighted by Crippen LogP contribution is -2.43. The molecule has 0 atom stereocenters. The lowest BCUT2D eigenvalue weighted by atomic mass is 10.0. The van der Waals surface area contributed by atoms with Gasteiger partial charge < -0.3 is 15.4 Å². The summed E-state index contributed by atoms with van der Waals surface area (Å²) in [4.78, 5) is 17.7. The predicted molar refractivity (Wildman–Crippen MR) is 119 cm³/mol. The van der Waals surface area contributed by atoms with Crippen LogP contribution >= 0.6 is 0 Å². The zero-order chi connectivity index (χ0) is 22.1. The van der Waals surface area contributed by atoms with Gasteiger partial charge in [-0.25, -0.2) is 13.9 Å². The summed E-state index contributed by atoms with van der Waals surface area (Å²) >= 11 is 0. The largest absolute Gasteiger partial charge is 0.415 e. The second kappa shape index (κ2) is 8.14. The number of hydrogen-bond donors (Lipinski definition) is 1. The van der Waals surface area contributed by atoms with Crippen LogP contribution < -0.4 is 10.5 Å². The fourth-order valence-electron chi connectivity index (χ4n) is 3.52. The highest BCUT2D eigenvalue weighted by Crippen LogP contribution is 2.35. The summed E-state index contributed by atoms with van der Waals surface area (Å²) in [6.45, 7) is 1.46. The van der Waals surface area contributed by atoms with Crippen LogP contribution in [0.5, 0.6) is 5.75 Å². The number of ether oxygens (including phenoxy) is 1. The molecule has 0 radical (unpaired) electrons. The fourth-order valence-corrected chi connectivity index (χ4v) is 3.52. The molecule has 2 N–H and O–H groups in total. The zero-order valence-electron chi connectivity index (χ0n) is 17.1. The van der Waals surface area contributed by atoms with Crippen LogP contribution in [-0.2, 0) is 0 Å². The van der Waals surface area contributed by atoms with Gasteiger partial charge in [0.15, 0.2) is 5.82 Å². The lowest BCUT2D eigenvalue weighted by Gasteiger charge is -2.29. The lowest BCUT2D eigenvalue weighted by molar-refractivity contribution is 0.125. The maximum Gasteiger partial charge on any atom is 0.415 e. The first kappa shape index (κ1) is 19.7. The summed E-state index contributed by atoms with van der Waals surface area (Å²) < 4.78 is 21.9. The number of carbonyl (C=O) groups excluding carboxylic acids is 1. The first-order chi connectivity index (χ1) is 15.6. The molecule has 32 heavy (non-hydrogen) atoms. The highest BCUT2D eigenvalue weighted by atomic mass is 19.1. The van der Waals surface area contributed by atoms with Crippen LogP contribution in [-0.4, -0.2) is 38.8 Å². The molecular formula is C24H20FN5O2. The van der Waals surface area contributed by atoms with Gasteiger partial charge in [-0.3, -0.25) is 4.98 Å². The number of benzene rings is 2. The van der Waals surface area contributed by atoms with Crippen LogP contribution in [0.25, 0.3) is 28.1 Å². The number of amides is 1. The molecule has 0 saturated carbocycles. The van der Waals surface area contributed by atoms with E-state index in [0.717, 1.165) is 30.8 Å². The Morgan fingerprint density at radius 3 is 2.44 bits per heavy atom. The van der Waals surface area contributed by atoms with Crippen LogP contribution in [0.3, 0.4) is 0 Å². The minimum atomic E-state index is -0.490. The van der Waals surface area contributed by atoms with Crippen molar-refractivity contribution in [2.75, 3.05) is 18.8 Å². The third kappa shape index (κ3) is 3.66. The van der Waals surface area contributed by atoms with Crippen molar-refractivity contribution in [2.45, 2.75) is 6.42 Å². The number of likely N-dealkylation sites (tertiary alicyclic amines) is 1. The van der Waals surface area contributed by atoms with Crippen molar-refractivity contribution in [3.63, 3.8) is 0 Å². The number of carbonyl (C=O) groups is 1. The van der Waals surface area contributed by atoms with Crippen molar-refractivity contribution in [3.05, 3.63) is 79.0 Å². The number of rotatable bonds is 4. The van der Waals surface area contributed by atoms with Crippen molar-refractivity contribution in [3.8, 4) is 33.8 Å². The number of nitrogen functional groups attached to an aromatic ring is 1. The Kier molecular flexibility index (Phi) is 5.03. The summed E-state index contributed by atoms with van der Waals surface area (Å²) in [6.07, 6.45) is 5.74. The molecule has 4 aromatic rings. The molecular weight excluding hydrogens is 409 g/mol. The van der Waals surface area contributed by atoms with Crippen LogP contribution in [0.4, 0.5) is 14.9 Å². The monoisotopic (exact) mass is 429 g/mol. The minimum absolute atomic E-state index is 0.0734. The molecule has 3 heterocycles. The zero-order valence-corrected chi connectivity index (χ0v) is 17.1. The van der Waals surface area contributed by atoms with Gasteiger partial charge in [-0.05, 0) is 48.9 Å². The Labute approximate surface area is 183 Å². The number of anilines is 1. The Hall–Kier alpha value is -4.20. The summed E-state index contributed by atoms with van der Waals surface area (Å²) in [5, 5.41) is 4.70. The maximum absolute atomic E-state index is 14.8. The van der Waals surface area contributed by atoms with Crippen molar-refractivity contribution < 1.29 is 13.9 Å².